The summed E-state index contributed by atoms with van der Waals surface area (Å²) in [5, 5.41) is 5.97. The summed E-state index contributed by atoms with van der Waals surface area (Å²) < 4.78 is 5.33. The highest BCUT2D eigenvalue weighted by atomic mass is 16.5. The first kappa shape index (κ1) is 20.6. The van der Waals surface area contributed by atoms with E-state index >= 15 is 0 Å². The molecule has 1 aromatic rings. The molecule has 2 N–H and O–H groups in total. The molecule has 3 rings (SSSR count). The maximum Gasteiger partial charge on any atom is 0.237 e. The smallest absolute Gasteiger partial charge is 0.237 e. The molecule has 1 unspecified atom stereocenters. The number of nitrogens with zero attached hydrogens (tertiary/aromatic N) is 1. The Balaban J connectivity index is 1.57. The normalized spacial score (nSPS) is 21.2. The van der Waals surface area contributed by atoms with Gasteiger partial charge in [0.05, 0.1) is 19.6 Å². The second-order valence-corrected chi connectivity index (χ2v) is 8.09. The number of carbonyl (C=O) groups excluding carboxylic acids is 2. The van der Waals surface area contributed by atoms with E-state index in [-0.39, 0.29) is 18.2 Å². The summed E-state index contributed by atoms with van der Waals surface area (Å²) in [5.74, 6) is 1.38. The Bertz CT molecular complexity index is 686. The van der Waals surface area contributed by atoms with E-state index in [1.165, 1.54) is 32.1 Å². The van der Waals surface area contributed by atoms with E-state index < -0.39 is 6.04 Å². The van der Waals surface area contributed by atoms with Gasteiger partial charge in [-0.05, 0) is 42.9 Å². The third-order valence-electron chi connectivity index (χ3n) is 5.98. The zero-order valence-electron chi connectivity index (χ0n) is 17.1. The third kappa shape index (κ3) is 5.47. The zero-order chi connectivity index (χ0) is 19.9. The molecular formula is C22H33N3O3. The van der Waals surface area contributed by atoms with Gasteiger partial charge in [-0.2, -0.15) is 0 Å². The van der Waals surface area contributed by atoms with Gasteiger partial charge >= 0.3 is 0 Å². The van der Waals surface area contributed by atoms with Crippen LogP contribution in [0.1, 0.15) is 49.7 Å². The monoisotopic (exact) mass is 387 g/mol. The first-order valence-electron chi connectivity index (χ1n) is 10.5. The summed E-state index contributed by atoms with van der Waals surface area (Å²) in [7, 11) is 1.67. The number of methoxy groups -OCH3 is 1. The van der Waals surface area contributed by atoms with E-state index in [9.17, 15) is 9.59 Å². The summed E-state index contributed by atoms with van der Waals surface area (Å²) in [6.45, 7) is 4.77. The van der Waals surface area contributed by atoms with Gasteiger partial charge in [0.15, 0.2) is 0 Å². The summed E-state index contributed by atoms with van der Waals surface area (Å²) >= 11 is 0. The minimum atomic E-state index is -0.414. The number of piperazine rings is 1. The van der Waals surface area contributed by atoms with Gasteiger partial charge in [-0.25, -0.2) is 0 Å². The van der Waals surface area contributed by atoms with E-state index in [1.807, 2.05) is 19.1 Å². The Morgan fingerprint density at radius 1 is 1.29 bits per heavy atom. The quantitative estimate of drug-likeness (QED) is 0.754. The maximum atomic E-state index is 12.5. The minimum Gasteiger partial charge on any atom is -0.496 e. The molecule has 0 spiro atoms. The van der Waals surface area contributed by atoms with Crippen molar-refractivity contribution in [3.05, 3.63) is 29.3 Å². The van der Waals surface area contributed by atoms with Gasteiger partial charge in [-0.1, -0.05) is 31.4 Å². The van der Waals surface area contributed by atoms with Gasteiger partial charge in [0, 0.05) is 26.2 Å². The summed E-state index contributed by atoms with van der Waals surface area (Å²) in [5.41, 5.74) is 2.20. The lowest BCUT2D eigenvalue weighted by Crippen LogP contribution is -2.56. The second kappa shape index (κ2) is 9.92. The van der Waals surface area contributed by atoms with Crippen LogP contribution in [0.3, 0.4) is 0 Å². The van der Waals surface area contributed by atoms with Crippen molar-refractivity contribution in [2.24, 2.45) is 5.92 Å². The molecule has 1 aliphatic heterocycles. The van der Waals surface area contributed by atoms with Gasteiger partial charge in [0.2, 0.25) is 11.8 Å². The van der Waals surface area contributed by atoms with Crippen LogP contribution < -0.4 is 15.4 Å². The van der Waals surface area contributed by atoms with Crippen LogP contribution in [0.15, 0.2) is 18.2 Å². The number of rotatable bonds is 7. The fourth-order valence-electron chi connectivity index (χ4n) is 4.34. The van der Waals surface area contributed by atoms with E-state index in [1.54, 1.807) is 7.11 Å². The predicted octanol–water partition coefficient (Wildman–Crippen LogP) is 2.39. The lowest BCUT2D eigenvalue weighted by atomic mass is 9.89. The van der Waals surface area contributed by atoms with E-state index in [2.05, 4.69) is 21.6 Å². The largest absolute Gasteiger partial charge is 0.496 e. The van der Waals surface area contributed by atoms with Gasteiger partial charge in [-0.3, -0.25) is 14.5 Å². The van der Waals surface area contributed by atoms with Crippen LogP contribution in [-0.2, 0) is 16.1 Å². The Morgan fingerprint density at radius 2 is 2.07 bits per heavy atom. The SMILES string of the molecule is COc1ccc(CN2CCNC(=O)C2CC(=O)NCC2CCCCC2)cc1C. The lowest BCUT2D eigenvalue weighted by Gasteiger charge is -2.35. The topological polar surface area (TPSA) is 70.7 Å². The van der Waals surface area contributed by atoms with Gasteiger partial charge in [0.1, 0.15) is 5.75 Å². The molecule has 0 bridgehead atoms. The molecule has 1 aromatic carbocycles. The predicted molar refractivity (Wildman–Crippen MR) is 109 cm³/mol. The first-order chi connectivity index (χ1) is 13.6. The van der Waals surface area contributed by atoms with Crippen LogP contribution in [0.5, 0.6) is 5.75 Å². The molecule has 1 atom stereocenters. The van der Waals surface area contributed by atoms with Crippen molar-refractivity contribution in [1.82, 2.24) is 15.5 Å². The van der Waals surface area contributed by atoms with Gasteiger partial charge in [-0.15, -0.1) is 0 Å². The molecule has 1 saturated carbocycles. The molecule has 154 valence electrons. The van der Waals surface area contributed by atoms with Crippen LogP contribution in [0.2, 0.25) is 0 Å². The van der Waals surface area contributed by atoms with Gasteiger partial charge < -0.3 is 15.4 Å². The number of ether oxygens (including phenoxy) is 1. The third-order valence-corrected chi connectivity index (χ3v) is 5.98. The van der Waals surface area contributed by atoms with Crippen molar-refractivity contribution < 1.29 is 14.3 Å². The van der Waals surface area contributed by atoms with Crippen LogP contribution in [0.25, 0.3) is 0 Å². The Labute approximate surface area is 168 Å². The van der Waals surface area contributed by atoms with E-state index in [0.717, 1.165) is 30.0 Å². The molecule has 0 radical (unpaired) electrons. The molecule has 1 aliphatic carbocycles. The molecule has 1 saturated heterocycles. The van der Waals surface area contributed by atoms with Crippen LogP contribution in [-0.4, -0.2) is 49.5 Å². The first-order valence-corrected chi connectivity index (χ1v) is 10.5. The number of nitrogens with one attached hydrogen (secondary N) is 2. The average Bonchev–Trinajstić information content (AvgIpc) is 2.70. The van der Waals surface area contributed by atoms with E-state index in [0.29, 0.717) is 19.0 Å². The molecule has 2 aliphatic rings. The Kier molecular flexibility index (Phi) is 7.31. The minimum absolute atomic E-state index is 0.0245. The number of hydrogen-bond acceptors (Lipinski definition) is 4. The zero-order valence-corrected chi connectivity index (χ0v) is 17.1. The number of carbonyl (C=O) groups is 2. The summed E-state index contributed by atoms with van der Waals surface area (Å²) in [6, 6.07) is 5.66. The van der Waals surface area contributed by atoms with Crippen LogP contribution >= 0.6 is 0 Å². The lowest BCUT2D eigenvalue weighted by molar-refractivity contribution is -0.134. The fraction of sp³-hybridized carbons (Fsp3) is 0.636. The summed E-state index contributed by atoms with van der Waals surface area (Å²) in [4.78, 5) is 27.1. The highest BCUT2D eigenvalue weighted by Crippen LogP contribution is 2.23. The van der Waals surface area contributed by atoms with Crippen molar-refractivity contribution in [2.75, 3.05) is 26.7 Å². The molecule has 28 heavy (non-hydrogen) atoms. The number of amides is 2. The Morgan fingerprint density at radius 3 is 2.79 bits per heavy atom. The molecule has 6 heteroatoms. The van der Waals surface area contributed by atoms with Crippen LogP contribution in [0.4, 0.5) is 0 Å². The van der Waals surface area contributed by atoms with Gasteiger partial charge in [0.25, 0.3) is 0 Å². The van der Waals surface area contributed by atoms with Crippen molar-refractivity contribution >= 4 is 11.8 Å². The molecule has 6 nitrogen and oxygen atoms in total. The fourth-order valence-corrected chi connectivity index (χ4v) is 4.34. The van der Waals surface area contributed by atoms with Crippen LogP contribution in [0, 0.1) is 12.8 Å². The van der Waals surface area contributed by atoms with Crippen molar-refractivity contribution in [3.63, 3.8) is 0 Å². The highest BCUT2D eigenvalue weighted by molar-refractivity contribution is 5.88. The van der Waals surface area contributed by atoms with E-state index in [4.69, 9.17) is 4.74 Å². The number of benzene rings is 1. The molecule has 2 amide bonds. The molecule has 2 fully saturated rings. The molecule has 0 aromatic heterocycles. The van der Waals surface area contributed by atoms with Crippen molar-refractivity contribution in [3.8, 4) is 5.75 Å². The van der Waals surface area contributed by atoms with Crippen molar-refractivity contribution in [2.45, 2.75) is 58.0 Å². The number of hydrogen-bond donors (Lipinski definition) is 2. The highest BCUT2D eigenvalue weighted by Gasteiger charge is 2.31. The molecular weight excluding hydrogens is 354 g/mol. The molecule has 1 heterocycles. The standard InChI is InChI=1S/C22H33N3O3/c1-16-12-18(8-9-20(16)28-2)15-25-11-10-23-22(27)19(25)13-21(26)24-14-17-6-4-3-5-7-17/h8-9,12,17,19H,3-7,10-11,13-15H2,1-2H3,(H,23,27)(H,24,26). The Hall–Kier alpha value is -2.08. The number of aryl methyl sites for hydroxylation is 1. The summed E-state index contributed by atoms with van der Waals surface area (Å²) in [6.07, 6.45) is 6.46. The average molecular weight is 388 g/mol. The maximum absolute atomic E-state index is 12.5. The van der Waals surface area contributed by atoms with Crippen molar-refractivity contribution in [1.29, 1.82) is 0 Å². The second-order valence-electron chi connectivity index (χ2n) is 8.09.